The van der Waals surface area contributed by atoms with Crippen molar-refractivity contribution in [1.82, 2.24) is 24.4 Å². The highest BCUT2D eigenvalue weighted by atomic mass is 16.2. The van der Waals surface area contributed by atoms with Crippen molar-refractivity contribution >= 4 is 11.7 Å². The maximum absolute atomic E-state index is 13.1. The van der Waals surface area contributed by atoms with Gasteiger partial charge in [0.2, 0.25) is 5.91 Å². The summed E-state index contributed by atoms with van der Waals surface area (Å²) in [7, 11) is 0. The summed E-state index contributed by atoms with van der Waals surface area (Å²) in [6, 6.07) is 10.4. The van der Waals surface area contributed by atoms with Crippen LogP contribution in [0.4, 0.5) is 5.82 Å². The zero-order valence-electron chi connectivity index (χ0n) is 16.3. The third-order valence-electron chi connectivity index (χ3n) is 6.02. The third-order valence-corrected chi connectivity index (χ3v) is 6.02. The second kappa shape index (κ2) is 7.66. The number of fused-ring (bicyclic) bond motifs is 1. The van der Waals surface area contributed by atoms with Gasteiger partial charge < -0.3 is 9.80 Å². The van der Waals surface area contributed by atoms with Crippen LogP contribution in [0.1, 0.15) is 24.0 Å². The number of nitrogens with zero attached hydrogens (tertiary/aromatic N) is 6. The quantitative estimate of drug-likeness (QED) is 0.690. The van der Waals surface area contributed by atoms with Crippen LogP contribution >= 0.6 is 0 Å². The van der Waals surface area contributed by atoms with Crippen LogP contribution in [-0.2, 0) is 17.8 Å². The summed E-state index contributed by atoms with van der Waals surface area (Å²) in [5.74, 6) is 2.12. The summed E-state index contributed by atoms with van der Waals surface area (Å²) in [4.78, 5) is 30.2. The van der Waals surface area contributed by atoms with E-state index < -0.39 is 0 Å². The number of imidazole rings is 1. The maximum atomic E-state index is 13.1. The highest BCUT2D eigenvalue weighted by molar-refractivity contribution is 5.79. The van der Waals surface area contributed by atoms with Gasteiger partial charge in [0.25, 0.3) is 0 Å². The highest BCUT2D eigenvalue weighted by Crippen LogP contribution is 2.26. The minimum atomic E-state index is 0.103. The van der Waals surface area contributed by atoms with Crippen molar-refractivity contribution in [2.75, 3.05) is 24.5 Å². The van der Waals surface area contributed by atoms with Crippen molar-refractivity contribution in [2.24, 2.45) is 5.92 Å². The van der Waals surface area contributed by atoms with Gasteiger partial charge in [-0.3, -0.25) is 9.36 Å². The Balaban J connectivity index is 1.22. The van der Waals surface area contributed by atoms with Gasteiger partial charge in [0, 0.05) is 50.6 Å². The lowest BCUT2D eigenvalue weighted by Crippen LogP contribution is -2.44. The molecule has 0 aliphatic carbocycles. The SMILES string of the molecule is O=C(C1CCN(c2cc(-n3ccnc3)ncn2)CC1)N1CCc2ccccc2C1. The molecule has 2 aliphatic rings. The van der Waals surface area contributed by atoms with E-state index in [0.29, 0.717) is 5.91 Å². The Kier molecular flexibility index (Phi) is 4.71. The van der Waals surface area contributed by atoms with Gasteiger partial charge in [-0.15, -0.1) is 0 Å². The molecule has 1 saturated heterocycles. The average molecular weight is 388 g/mol. The molecule has 3 aromatic rings. The summed E-state index contributed by atoms with van der Waals surface area (Å²) in [5.41, 5.74) is 2.67. The normalized spacial score (nSPS) is 17.2. The number of aromatic nitrogens is 4. The lowest BCUT2D eigenvalue weighted by atomic mass is 9.93. The Morgan fingerprint density at radius 3 is 2.59 bits per heavy atom. The summed E-state index contributed by atoms with van der Waals surface area (Å²) >= 11 is 0. The van der Waals surface area contributed by atoms with Gasteiger partial charge in [-0.25, -0.2) is 15.0 Å². The molecule has 0 spiro atoms. The first-order chi connectivity index (χ1) is 14.3. The molecule has 0 N–H and O–H groups in total. The number of amides is 1. The molecule has 148 valence electrons. The molecular weight excluding hydrogens is 364 g/mol. The van der Waals surface area contributed by atoms with Crippen LogP contribution in [0.25, 0.3) is 5.82 Å². The van der Waals surface area contributed by atoms with E-state index in [0.717, 1.165) is 57.1 Å². The van der Waals surface area contributed by atoms with Gasteiger partial charge in [0.05, 0.1) is 0 Å². The molecule has 7 heteroatoms. The molecule has 29 heavy (non-hydrogen) atoms. The van der Waals surface area contributed by atoms with E-state index in [4.69, 9.17) is 0 Å². The van der Waals surface area contributed by atoms with Crippen molar-refractivity contribution in [2.45, 2.75) is 25.8 Å². The zero-order chi connectivity index (χ0) is 19.6. The molecule has 0 unspecified atom stereocenters. The van der Waals surface area contributed by atoms with Gasteiger partial charge in [-0.1, -0.05) is 24.3 Å². The van der Waals surface area contributed by atoms with Crippen LogP contribution in [0.15, 0.2) is 55.4 Å². The summed E-state index contributed by atoms with van der Waals surface area (Å²) in [6.07, 6.45) is 9.61. The fraction of sp³-hybridized carbons (Fsp3) is 0.364. The van der Waals surface area contributed by atoms with Gasteiger partial charge in [-0.05, 0) is 30.4 Å². The number of piperidine rings is 1. The number of rotatable bonds is 3. The molecule has 1 aromatic carbocycles. The van der Waals surface area contributed by atoms with E-state index in [9.17, 15) is 4.79 Å². The first kappa shape index (κ1) is 17.8. The Labute approximate surface area is 170 Å². The number of benzene rings is 1. The molecule has 2 aromatic heterocycles. The van der Waals surface area contributed by atoms with E-state index in [2.05, 4.69) is 44.1 Å². The van der Waals surface area contributed by atoms with Crippen molar-refractivity contribution in [3.8, 4) is 5.82 Å². The number of carbonyl (C=O) groups is 1. The number of hydrogen-bond donors (Lipinski definition) is 0. The highest BCUT2D eigenvalue weighted by Gasteiger charge is 2.30. The van der Waals surface area contributed by atoms with E-state index in [-0.39, 0.29) is 5.92 Å². The Morgan fingerprint density at radius 1 is 1.00 bits per heavy atom. The Hall–Kier alpha value is -3.22. The summed E-state index contributed by atoms with van der Waals surface area (Å²) < 4.78 is 1.87. The molecule has 0 saturated carbocycles. The standard InChI is InChI=1S/C22H24N6O/c29-22(27-11-5-17-3-1-2-4-19(17)14-27)18-6-9-26(10-7-18)20-13-21(25-15-24-20)28-12-8-23-16-28/h1-4,8,12-13,15-16,18H,5-7,9-11,14H2. The predicted molar refractivity (Wildman–Crippen MR) is 110 cm³/mol. The number of hydrogen-bond acceptors (Lipinski definition) is 5. The van der Waals surface area contributed by atoms with Crippen molar-refractivity contribution in [3.63, 3.8) is 0 Å². The van der Waals surface area contributed by atoms with Gasteiger partial charge in [0.1, 0.15) is 24.3 Å². The number of anilines is 1. The fourth-order valence-corrected chi connectivity index (χ4v) is 4.34. The van der Waals surface area contributed by atoms with E-state index in [1.54, 1.807) is 18.9 Å². The molecule has 0 radical (unpaired) electrons. The minimum Gasteiger partial charge on any atom is -0.356 e. The molecule has 4 heterocycles. The Morgan fingerprint density at radius 2 is 1.79 bits per heavy atom. The van der Waals surface area contributed by atoms with Crippen LogP contribution in [0.5, 0.6) is 0 Å². The smallest absolute Gasteiger partial charge is 0.226 e. The first-order valence-corrected chi connectivity index (χ1v) is 10.2. The van der Waals surface area contributed by atoms with E-state index >= 15 is 0 Å². The molecule has 2 aliphatic heterocycles. The minimum absolute atomic E-state index is 0.103. The molecular formula is C22H24N6O. The van der Waals surface area contributed by atoms with Gasteiger partial charge in [0.15, 0.2) is 0 Å². The van der Waals surface area contributed by atoms with Crippen molar-refractivity contribution in [3.05, 3.63) is 66.5 Å². The Bertz CT molecular complexity index is 994. The molecule has 5 rings (SSSR count). The maximum Gasteiger partial charge on any atom is 0.226 e. The molecule has 1 amide bonds. The average Bonchev–Trinajstić information content (AvgIpc) is 3.34. The fourth-order valence-electron chi connectivity index (χ4n) is 4.34. The topological polar surface area (TPSA) is 67.2 Å². The van der Waals surface area contributed by atoms with Crippen LogP contribution in [0.3, 0.4) is 0 Å². The monoisotopic (exact) mass is 388 g/mol. The summed E-state index contributed by atoms with van der Waals surface area (Å²) in [6.45, 7) is 3.24. The third kappa shape index (κ3) is 3.60. The largest absolute Gasteiger partial charge is 0.356 e. The van der Waals surface area contributed by atoms with Crippen LogP contribution < -0.4 is 4.90 Å². The first-order valence-electron chi connectivity index (χ1n) is 10.2. The van der Waals surface area contributed by atoms with Crippen molar-refractivity contribution < 1.29 is 4.79 Å². The molecule has 0 bridgehead atoms. The lowest BCUT2D eigenvalue weighted by molar-refractivity contribution is -0.137. The molecule has 1 fully saturated rings. The van der Waals surface area contributed by atoms with Gasteiger partial charge in [-0.2, -0.15) is 0 Å². The van der Waals surface area contributed by atoms with Gasteiger partial charge >= 0.3 is 0 Å². The van der Waals surface area contributed by atoms with E-state index in [1.807, 2.05) is 21.7 Å². The van der Waals surface area contributed by atoms with Crippen LogP contribution in [0, 0.1) is 5.92 Å². The second-order valence-corrected chi connectivity index (χ2v) is 7.74. The number of carbonyl (C=O) groups excluding carboxylic acids is 1. The lowest BCUT2D eigenvalue weighted by Gasteiger charge is -2.36. The van der Waals surface area contributed by atoms with Crippen molar-refractivity contribution in [1.29, 1.82) is 0 Å². The molecule has 0 atom stereocenters. The van der Waals surface area contributed by atoms with Crippen LogP contribution in [-0.4, -0.2) is 50.0 Å². The summed E-state index contributed by atoms with van der Waals surface area (Å²) in [5, 5.41) is 0. The second-order valence-electron chi connectivity index (χ2n) is 7.74. The van der Waals surface area contributed by atoms with Crippen LogP contribution in [0.2, 0.25) is 0 Å². The van der Waals surface area contributed by atoms with E-state index in [1.165, 1.54) is 11.1 Å². The molecule has 7 nitrogen and oxygen atoms in total. The zero-order valence-corrected chi connectivity index (χ0v) is 16.3. The predicted octanol–water partition coefficient (Wildman–Crippen LogP) is 2.46.